The van der Waals surface area contributed by atoms with Crippen molar-refractivity contribution in [2.45, 2.75) is 373 Å². The number of rotatable bonds is 70. The van der Waals surface area contributed by atoms with Crippen molar-refractivity contribution in [3.05, 3.63) is 60.8 Å². The summed E-state index contributed by atoms with van der Waals surface area (Å²) in [5, 5.41) is 9.75. The molecule has 9 heteroatoms. The van der Waals surface area contributed by atoms with Crippen LogP contribution in [0, 0.1) is 0 Å². The maximum absolute atomic E-state index is 13.0. The van der Waals surface area contributed by atoms with Gasteiger partial charge in [-0.2, -0.15) is 0 Å². The standard InChI is InChI=1S/C78H143NO8/c1-6-8-10-12-14-16-18-20-22-24-26-28-29-30-31-32-33-34-35-36-37-38-39-40-41-42-43-44-45-46-47-49-51-53-55-57-59-61-63-65-67-69-76(81)87-74(73-86-78(77(82)83)84-71-70-79(3,4)5)72-85-75(80)68-66-64-62-60-58-56-54-52-50-48-27-25-23-21-19-17-15-13-11-9-7-2/h8,10,14,16,20,22,26,28,30-31,74,78H,6-7,9,11-13,15,17-19,21,23-25,27,29,32-73H2,1-5H3/p+1/b10-8-,16-14-,22-20-,28-26-,31-30-. The Labute approximate surface area is 539 Å². The SMILES string of the molecule is CC/C=C\C/C=C\C/C=C\C/C=C\C/C=C\CCCCCCCCCCCCCCCCCCCCCCCCCCCC(=O)OC(COC(=O)CCCCCCCCCCCCCCCCCCCCCCC)COC(OCC[N+](C)(C)C)C(=O)O. The number of carboxylic acids is 1. The molecule has 0 aliphatic carbocycles. The summed E-state index contributed by atoms with van der Waals surface area (Å²) < 4.78 is 23.0. The first-order chi connectivity index (χ1) is 42.6. The van der Waals surface area contributed by atoms with Gasteiger partial charge in [-0.3, -0.25) is 9.59 Å². The van der Waals surface area contributed by atoms with Crippen molar-refractivity contribution in [2.24, 2.45) is 0 Å². The molecule has 0 aromatic heterocycles. The second-order valence-electron chi connectivity index (χ2n) is 26.6. The number of hydrogen-bond acceptors (Lipinski definition) is 7. The normalized spacial score (nSPS) is 13.0. The van der Waals surface area contributed by atoms with E-state index < -0.39 is 18.4 Å². The first-order valence-corrected chi connectivity index (χ1v) is 37.5. The van der Waals surface area contributed by atoms with Crippen molar-refractivity contribution in [3.63, 3.8) is 0 Å². The van der Waals surface area contributed by atoms with Crippen molar-refractivity contribution >= 4 is 17.9 Å². The predicted octanol–water partition coefficient (Wildman–Crippen LogP) is 23.5. The van der Waals surface area contributed by atoms with Gasteiger partial charge in [0.05, 0.1) is 34.4 Å². The number of quaternary nitrogens is 1. The number of aliphatic carboxylic acids is 1. The molecule has 0 fully saturated rings. The average molecular weight is 1220 g/mol. The van der Waals surface area contributed by atoms with Gasteiger partial charge in [-0.05, 0) is 57.8 Å². The average Bonchev–Trinajstić information content (AvgIpc) is 3.59. The summed E-state index contributed by atoms with van der Waals surface area (Å²) in [6, 6.07) is 0. The molecule has 9 nitrogen and oxygen atoms in total. The third-order valence-corrected chi connectivity index (χ3v) is 16.8. The molecule has 2 unspecified atom stereocenters. The highest BCUT2D eigenvalue weighted by atomic mass is 16.7. The number of esters is 2. The van der Waals surface area contributed by atoms with Gasteiger partial charge in [-0.25, -0.2) is 4.79 Å². The van der Waals surface area contributed by atoms with E-state index in [4.69, 9.17) is 18.9 Å². The maximum Gasteiger partial charge on any atom is 0.361 e. The lowest BCUT2D eigenvalue weighted by Gasteiger charge is -2.25. The Balaban J connectivity index is 3.95. The second kappa shape index (κ2) is 68.9. The molecule has 0 spiro atoms. The Morgan fingerprint density at radius 2 is 0.655 bits per heavy atom. The first kappa shape index (κ1) is 84.0. The summed E-state index contributed by atoms with van der Waals surface area (Å²) in [6.07, 6.45) is 87.9. The van der Waals surface area contributed by atoms with E-state index in [2.05, 4.69) is 74.6 Å². The predicted molar refractivity (Wildman–Crippen MR) is 373 cm³/mol. The van der Waals surface area contributed by atoms with E-state index in [0.717, 1.165) is 70.6 Å². The molecule has 0 radical (unpaired) electrons. The van der Waals surface area contributed by atoms with Crippen molar-refractivity contribution in [2.75, 3.05) is 47.5 Å². The van der Waals surface area contributed by atoms with Crippen molar-refractivity contribution in [3.8, 4) is 0 Å². The molecule has 0 aliphatic heterocycles. The fourth-order valence-electron chi connectivity index (χ4n) is 11.1. The van der Waals surface area contributed by atoms with Crippen LogP contribution in [0.4, 0.5) is 0 Å². The van der Waals surface area contributed by atoms with Gasteiger partial charge in [-0.1, -0.05) is 351 Å². The highest BCUT2D eigenvalue weighted by Crippen LogP contribution is 2.19. The van der Waals surface area contributed by atoms with E-state index in [1.807, 2.05) is 21.1 Å². The molecule has 508 valence electrons. The number of carbonyl (C=O) groups is 3. The summed E-state index contributed by atoms with van der Waals surface area (Å²) in [5.74, 6) is -1.97. The largest absolute Gasteiger partial charge is 0.477 e. The zero-order chi connectivity index (χ0) is 63.3. The minimum absolute atomic E-state index is 0.175. The Hall–Kier alpha value is -3.01. The zero-order valence-corrected chi connectivity index (χ0v) is 58.2. The van der Waals surface area contributed by atoms with Crippen molar-refractivity contribution in [1.82, 2.24) is 0 Å². The maximum atomic E-state index is 13.0. The van der Waals surface area contributed by atoms with Crippen molar-refractivity contribution in [1.29, 1.82) is 0 Å². The van der Waals surface area contributed by atoms with Crippen molar-refractivity contribution < 1.29 is 42.9 Å². The minimum atomic E-state index is -1.51. The van der Waals surface area contributed by atoms with Crippen LogP contribution in [0.2, 0.25) is 0 Å². The molecule has 0 heterocycles. The number of ether oxygens (including phenoxy) is 4. The third-order valence-electron chi connectivity index (χ3n) is 16.8. The molecule has 0 bridgehead atoms. The van der Waals surface area contributed by atoms with Crippen LogP contribution < -0.4 is 0 Å². The molecule has 0 aromatic rings. The van der Waals surface area contributed by atoms with E-state index in [0.29, 0.717) is 17.4 Å². The topological polar surface area (TPSA) is 108 Å². The number of likely N-dealkylation sites (N-methyl/N-ethyl adjacent to an activating group) is 1. The monoisotopic (exact) mass is 1220 g/mol. The highest BCUT2D eigenvalue weighted by Gasteiger charge is 2.25. The van der Waals surface area contributed by atoms with Gasteiger partial charge < -0.3 is 28.5 Å². The van der Waals surface area contributed by atoms with Crippen LogP contribution in [0.5, 0.6) is 0 Å². The molecular formula is C78H144NO8+. The Kier molecular flexibility index (Phi) is 66.5. The molecule has 0 aromatic carbocycles. The lowest BCUT2D eigenvalue weighted by Crippen LogP contribution is -2.40. The molecule has 2 atom stereocenters. The Bertz CT molecular complexity index is 1610. The second-order valence-corrected chi connectivity index (χ2v) is 26.6. The molecule has 0 amide bonds. The van der Waals surface area contributed by atoms with Crippen LogP contribution >= 0.6 is 0 Å². The third kappa shape index (κ3) is 70.3. The molecule has 0 saturated heterocycles. The van der Waals surface area contributed by atoms with Crippen LogP contribution in [0.25, 0.3) is 0 Å². The molecular weight excluding hydrogens is 1080 g/mol. The van der Waals surface area contributed by atoms with Crippen LogP contribution in [0.15, 0.2) is 60.8 Å². The van der Waals surface area contributed by atoms with Gasteiger partial charge in [0.15, 0.2) is 6.10 Å². The van der Waals surface area contributed by atoms with E-state index >= 15 is 0 Å². The fourth-order valence-corrected chi connectivity index (χ4v) is 11.1. The van der Waals surface area contributed by atoms with E-state index in [9.17, 15) is 19.5 Å². The smallest absolute Gasteiger partial charge is 0.361 e. The number of unbranched alkanes of at least 4 members (excludes halogenated alkanes) is 45. The number of carboxylic acid groups (broad SMARTS) is 1. The van der Waals surface area contributed by atoms with Gasteiger partial charge >= 0.3 is 17.9 Å². The zero-order valence-electron chi connectivity index (χ0n) is 58.2. The molecule has 0 saturated carbocycles. The fraction of sp³-hybridized carbons (Fsp3) is 0.833. The summed E-state index contributed by atoms with van der Waals surface area (Å²) in [6.45, 7) is 4.83. The molecule has 87 heavy (non-hydrogen) atoms. The van der Waals surface area contributed by atoms with E-state index in [-0.39, 0.29) is 38.2 Å². The van der Waals surface area contributed by atoms with E-state index in [1.165, 1.54) is 263 Å². The van der Waals surface area contributed by atoms with Crippen LogP contribution in [0.1, 0.15) is 361 Å². The van der Waals surface area contributed by atoms with Gasteiger partial charge in [-0.15, -0.1) is 0 Å². The quantitative estimate of drug-likeness (QED) is 0.0211. The van der Waals surface area contributed by atoms with Gasteiger partial charge in [0.25, 0.3) is 6.29 Å². The number of hydrogen-bond donors (Lipinski definition) is 1. The van der Waals surface area contributed by atoms with Gasteiger partial charge in [0, 0.05) is 12.8 Å². The van der Waals surface area contributed by atoms with Gasteiger partial charge in [0.2, 0.25) is 0 Å². The van der Waals surface area contributed by atoms with Gasteiger partial charge in [0.1, 0.15) is 13.2 Å². The lowest BCUT2D eigenvalue weighted by molar-refractivity contribution is -0.870. The number of allylic oxidation sites excluding steroid dienone is 10. The summed E-state index contributed by atoms with van der Waals surface area (Å²) in [4.78, 5) is 37.6. The van der Waals surface area contributed by atoms with Crippen LogP contribution in [0.3, 0.4) is 0 Å². The molecule has 1 N–H and O–H groups in total. The van der Waals surface area contributed by atoms with E-state index in [1.54, 1.807) is 0 Å². The molecule has 0 rings (SSSR count). The first-order valence-electron chi connectivity index (χ1n) is 37.5. The van der Waals surface area contributed by atoms with Crippen LogP contribution in [-0.4, -0.2) is 87.4 Å². The highest BCUT2D eigenvalue weighted by molar-refractivity contribution is 5.71. The Morgan fingerprint density at radius 3 is 0.977 bits per heavy atom. The van der Waals surface area contributed by atoms with Crippen LogP contribution in [-0.2, 0) is 33.3 Å². The summed E-state index contributed by atoms with van der Waals surface area (Å²) in [7, 11) is 5.99. The molecule has 0 aliphatic rings. The Morgan fingerprint density at radius 1 is 0.356 bits per heavy atom. The minimum Gasteiger partial charge on any atom is -0.477 e. The lowest BCUT2D eigenvalue weighted by atomic mass is 10.0. The summed E-state index contributed by atoms with van der Waals surface area (Å²) >= 11 is 0. The number of nitrogens with zero attached hydrogens (tertiary/aromatic N) is 1. The summed E-state index contributed by atoms with van der Waals surface area (Å²) in [5.41, 5.74) is 0. The number of carbonyl (C=O) groups excluding carboxylic acids is 2.